The highest BCUT2D eigenvalue weighted by molar-refractivity contribution is 7.99. The fourth-order valence-corrected chi connectivity index (χ4v) is 6.52. The molecule has 5 aromatic heterocycles. The van der Waals surface area contributed by atoms with Crippen LogP contribution in [0.4, 0.5) is 0 Å². The second-order valence-electron chi connectivity index (χ2n) is 9.89. The highest BCUT2D eigenvalue weighted by Crippen LogP contribution is 2.39. The van der Waals surface area contributed by atoms with Crippen molar-refractivity contribution in [1.82, 2.24) is 9.97 Å². The molecule has 0 radical (unpaired) electrons. The van der Waals surface area contributed by atoms with Crippen molar-refractivity contribution in [2.45, 2.75) is 9.79 Å². The molecule has 0 saturated carbocycles. The summed E-state index contributed by atoms with van der Waals surface area (Å²) in [7, 11) is 0. The maximum Gasteiger partial charge on any atom is 0.153 e. The zero-order valence-corrected chi connectivity index (χ0v) is 21.7. The van der Waals surface area contributed by atoms with Gasteiger partial charge in [0.05, 0.1) is 12.4 Å². The molecular formula is C34H18N2O3S. The number of pyridine rings is 2. The molecule has 0 amide bonds. The van der Waals surface area contributed by atoms with Gasteiger partial charge < -0.3 is 13.3 Å². The van der Waals surface area contributed by atoms with Crippen LogP contribution >= 0.6 is 11.8 Å². The van der Waals surface area contributed by atoms with Crippen LogP contribution in [0.5, 0.6) is 0 Å². The monoisotopic (exact) mass is 534 g/mol. The average Bonchev–Trinajstić information content (AvgIpc) is 3.67. The molecule has 5 nitrogen and oxygen atoms in total. The van der Waals surface area contributed by atoms with Crippen molar-refractivity contribution < 1.29 is 13.3 Å². The van der Waals surface area contributed by atoms with Gasteiger partial charge in [-0.3, -0.25) is 9.97 Å². The summed E-state index contributed by atoms with van der Waals surface area (Å²) >= 11 is 1.73. The van der Waals surface area contributed by atoms with Crippen LogP contribution in [0.15, 0.2) is 133 Å². The molecule has 0 saturated heterocycles. The van der Waals surface area contributed by atoms with Gasteiger partial charge in [-0.15, -0.1) is 0 Å². The molecule has 0 aliphatic carbocycles. The molecule has 0 aliphatic rings. The Balaban J connectivity index is 1.13. The Bertz CT molecular complexity index is 2430. The Morgan fingerprint density at radius 2 is 0.825 bits per heavy atom. The molecule has 9 rings (SSSR count). The standard InChI is InChI=1S/C34H18N2O3S/c1-5-29-25(23-9-11-35-17-33(23)38-29)13-19(1)20-2-6-30-26(14-20)28-16-22(4-8-32(28)37-30)40-21-3-7-31-27(15-21)24-10-12-36-18-34(24)39-31/h1-18H. The van der Waals surface area contributed by atoms with Crippen LogP contribution in [0.3, 0.4) is 0 Å². The van der Waals surface area contributed by atoms with Gasteiger partial charge in [0.1, 0.15) is 22.3 Å². The zero-order valence-electron chi connectivity index (χ0n) is 20.9. The number of rotatable bonds is 3. The molecule has 9 aromatic rings. The summed E-state index contributed by atoms with van der Waals surface area (Å²) in [5.41, 5.74) is 7.35. The van der Waals surface area contributed by atoms with Gasteiger partial charge in [0.2, 0.25) is 0 Å². The number of nitrogens with zero attached hydrogens (tertiary/aromatic N) is 2. The van der Waals surface area contributed by atoms with Gasteiger partial charge in [0.25, 0.3) is 0 Å². The number of furan rings is 3. The number of benzene rings is 4. The molecular weight excluding hydrogens is 516 g/mol. The van der Waals surface area contributed by atoms with Gasteiger partial charge in [-0.1, -0.05) is 23.9 Å². The van der Waals surface area contributed by atoms with Crippen molar-refractivity contribution in [3.63, 3.8) is 0 Å². The van der Waals surface area contributed by atoms with Crippen LogP contribution in [0.1, 0.15) is 0 Å². The van der Waals surface area contributed by atoms with Crippen LogP contribution in [-0.2, 0) is 0 Å². The first kappa shape index (κ1) is 21.8. The molecule has 5 heterocycles. The van der Waals surface area contributed by atoms with Crippen molar-refractivity contribution in [2.75, 3.05) is 0 Å². The minimum Gasteiger partial charge on any atom is -0.456 e. The lowest BCUT2D eigenvalue weighted by Crippen LogP contribution is -1.79. The first-order valence-electron chi connectivity index (χ1n) is 12.9. The molecule has 40 heavy (non-hydrogen) atoms. The fraction of sp³-hybridized carbons (Fsp3) is 0. The topological polar surface area (TPSA) is 65.2 Å². The maximum atomic E-state index is 6.21. The number of fused-ring (bicyclic) bond motifs is 9. The Morgan fingerprint density at radius 3 is 1.38 bits per heavy atom. The normalized spacial score (nSPS) is 12.1. The number of hydrogen-bond donors (Lipinski definition) is 0. The summed E-state index contributed by atoms with van der Waals surface area (Å²) in [6.07, 6.45) is 7.13. The van der Waals surface area contributed by atoms with E-state index in [0.29, 0.717) is 0 Å². The van der Waals surface area contributed by atoms with E-state index in [4.69, 9.17) is 13.3 Å². The van der Waals surface area contributed by atoms with Crippen LogP contribution in [0.2, 0.25) is 0 Å². The third-order valence-corrected chi connectivity index (χ3v) is 8.51. The molecule has 0 spiro atoms. The Morgan fingerprint density at radius 1 is 0.400 bits per heavy atom. The van der Waals surface area contributed by atoms with E-state index in [0.717, 1.165) is 86.7 Å². The Labute approximate surface area is 231 Å². The summed E-state index contributed by atoms with van der Waals surface area (Å²) in [5.74, 6) is 0. The van der Waals surface area contributed by atoms with E-state index in [1.165, 1.54) is 0 Å². The van der Waals surface area contributed by atoms with Crippen LogP contribution in [0.25, 0.3) is 76.9 Å². The fourth-order valence-electron chi connectivity index (χ4n) is 5.62. The Kier molecular flexibility index (Phi) is 4.48. The van der Waals surface area contributed by atoms with E-state index in [9.17, 15) is 0 Å². The van der Waals surface area contributed by atoms with Crippen molar-refractivity contribution in [1.29, 1.82) is 0 Å². The largest absolute Gasteiger partial charge is 0.456 e. The molecule has 0 N–H and O–H groups in total. The van der Waals surface area contributed by atoms with E-state index < -0.39 is 0 Å². The minimum atomic E-state index is 0.799. The minimum absolute atomic E-state index is 0.799. The highest BCUT2D eigenvalue weighted by atomic mass is 32.2. The first-order chi connectivity index (χ1) is 19.8. The molecule has 0 unspecified atom stereocenters. The zero-order chi connectivity index (χ0) is 26.2. The lowest BCUT2D eigenvalue weighted by atomic mass is 10.0. The van der Waals surface area contributed by atoms with Gasteiger partial charge in [0.15, 0.2) is 11.2 Å². The van der Waals surface area contributed by atoms with Crippen molar-refractivity contribution in [3.8, 4) is 11.1 Å². The van der Waals surface area contributed by atoms with E-state index in [-0.39, 0.29) is 0 Å². The van der Waals surface area contributed by atoms with Gasteiger partial charge >= 0.3 is 0 Å². The van der Waals surface area contributed by atoms with E-state index >= 15 is 0 Å². The highest BCUT2D eigenvalue weighted by Gasteiger charge is 2.13. The summed E-state index contributed by atoms with van der Waals surface area (Å²) in [6, 6.07) is 29.5. The Hall–Kier alpha value is -5.07. The molecule has 4 aromatic carbocycles. The van der Waals surface area contributed by atoms with Crippen LogP contribution in [0, 0.1) is 0 Å². The predicted molar refractivity (Wildman–Crippen MR) is 160 cm³/mol. The summed E-state index contributed by atoms with van der Waals surface area (Å²) in [4.78, 5) is 10.7. The van der Waals surface area contributed by atoms with Crippen molar-refractivity contribution >= 4 is 77.6 Å². The number of aromatic nitrogens is 2. The summed E-state index contributed by atoms with van der Waals surface area (Å²) < 4.78 is 18.1. The van der Waals surface area contributed by atoms with Crippen molar-refractivity contribution in [2.24, 2.45) is 0 Å². The number of hydrogen-bond acceptors (Lipinski definition) is 6. The lowest BCUT2D eigenvalue weighted by Gasteiger charge is -2.04. The quantitative estimate of drug-likeness (QED) is 0.225. The molecule has 188 valence electrons. The van der Waals surface area contributed by atoms with Crippen molar-refractivity contribution in [3.05, 3.63) is 110 Å². The van der Waals surface area contributed by atoms with E-state index in [2.05, 4.69) is 70.6 Å². The third kappa shape index (κ3) is 3.30. The summed E-state index contributed by atoms with van der Waals surface area (Å²) in [6.45, 7) is 0. The third-order valence-electron chi connectivity index (χ3n) is 7.53. The van der Waals surface area contributed by atoms with Crippen LogP contribution < -0.4 is 0 Å². The second-order valence-corrected chi connectivity index (χ2v) is 11.0. The molecule has 6 heteroatoms. The second kappa shape index (κ2) is 8.21. The molecule has 0 atom stereocenters. The average molecular weight is 535 g/mol. The molecule has 0 fully saturated rings. The molecule has 0 aliphatic heterocycles. The van der Waals surface area contributed by atoms with E-state index in [1.807, 2.05) is 24.3 Å². The SMILES string of the molecule is c1cc2c(cn1)oc1ccc(Sc3ccc4oc5ccc(-c6ccc7oc8cnccc8c7c6)cc5c4c3)cc12. The van der Waals surface area contributed by atoms with Gasteiger partial charge in [-0.25, -0.2) is 0 Å². The lowest BCUT2D eigenvalue weighted by molar-refractivity contribution is 0.666. The van der Waals surface area contributed by atoms with E-state index in [1.54, 1.807) is 36.5 Å². The maximum absolute atomic E-state index is 6.21. The van der Waals surface area contributed by atoms with Gasteiger partial charge in [-0.05, 0) is 83.9 Å². The van der Waals surface area contributed by atoms with Crippen LogP contribution in [-0.4, -0.2) is 9.97 Å². The van der Waals surface area contributed by atoms with Gasteiger partial charge in [0, 0.05) is 54.5 Å². The molecule has 0 bridgehead atoms. The smallest absolute Gasteiger partial charge is 0.153 e. The summed E-state index contributed by atoms with van der Waals surface area (Å²) in [5, 5.41) is 6.53. The van der Waals surface area contributed by atoms with Gasteiger partial charge in [-0.2, -0.15) is 0 Å². The first-order valence-corrected chi connectivity index (χ1v) is 13.8. The predicted octanol–water partition coefficient (Wildman–Crippen LogP) is 9.99.